The fourth-order valence-corrected chi connectivity index (χ4v) is 2.52. The van der Waals surface area contributed by atoms with Gasteiger partial charge < -0.3 is 15.4 Å². The average Bonchev–Trinajstić information content (AvgIpc) is 2.92. The van der Waals surface area contributed by atoms with Gasteiger partial charge in [-0.3, -0.25) is 4.79 Å². The highest BCUT2D eigenvalue weighted by Crippen LogP contribution is 2.24. The number of rotatable bonds is 5. The molecule has 2 rings (SSSR count). The Morgan fingerprint density at radius 1 is 1.52 bits per heavy atom. The molecule has 1 aliphatic heterocycles. The molecule has 0 aromatic heterocycles. The zero-order valence-electron chi connectivity index (χ0n) is 11.1. The van der Waals surface area contributed by atoms with E-state index in [9.17, 15) is 13.6 Å². The van der Waals surface area contributed by atoms with Crippen molar-refractivity contribution in [1.29, 1.82) is 0 Å². The zero-order chi connectivity index (χ0) is 14.5. The number of alkyl halides is 2. The number of hydrogen-bond acceptors (Lipinski definition) is 3. The van der Waals surface area contributed by atoms with Crippen LogP contribution in [0.4, 0.5) is 8.78 Å². The Kier molecular flexibility index (Phi) is 7.34. The lowest BCUT2D eigenvalue weighted by atomic mass is 10.2. The monoisotopic (exact) mass is 384 g/mol. The van der Waals surface area contributed by atoms with Gasteiger partial charge >= 0.3 is 6.61 Å². The molecule has 0 spiro atoms. The van der Waals surface area contributed by atoms with E-state index in [1.165, 1.54) is 6.07 Å². The zero-order valence-corrected chi connectivity index (χ0v) is 13.5. The van der Waals surface area contributed by atoms with Crippen LogP contribution in [0, 0.1) is 0 Å². The second-order valence-corrected chi connectivity index (χ2v) is 5.41. The quantitative estimate of drug-likeness (QED) is 0.819. The predicted octanol–water partition coefficient (Wildman–Crippen LogP) is 2.84. The van der Waals surface area contributed by atoms with Gasteiger partial charge in [-0.25, -0.2) is 0 Å². The van der Waals surface area contributed by atoms with Crippen LogP contribution in [0.2, 0.25) is 0 Å². The van der Waals surface area contributed by atoms with Crippen LogP contribution in [0.15, 0.2) is 22.7 Å². The topological polar surface area (TPSA) is 50.4 Å². The SMILES string of the molecule is Cl.O=C(NCc1cc(Br)ccc1OC(F)F)C1CCCN1. The highest BCUT2D eigenvalue weighted by atomic mass is 79.9. The molecule has 8 heteroatoms. The Morgan fingerprint density at radius 2 is 2.29 bits per heavy atom. The normalized spacial score (nSPS) is 17.4. The number of halogens is 4. The maximum atomic E-state index is 12.3. The van der Waals surface area contributed by atoms with Gasteiger partial charge in [-0.1, -0.05) is 15.9 Å². The first-order valence-corrected chi connectivity index (χ1v) is 7.10. The number of carbonyl (C=O) groups is 1. The summed E-state index contributed by atoms with van der Waals surface area (Å²) in [7, 11) is 0. The van der Waals surface area contributed by atoms with Crippen LogP contribution >= 0.6 is 28.3 Å². The van der Waals surface area contributed by atoms with Crippen LogP contribution in [0.25, 0.3) is 0 Å². The van der Waals surface area contributed by atoms with Crippen molar-refractivity contribution in [2.24, 2.45) is 0 Å². The van der Waals surface area contributed by atoms with E-state index in [2.05, 4.69) is 31.3 Å². The molecular formula is C13H16BrClF2N2O2. The first-order valence-electron chi connectivity index (χ1n) is 6.30. The van der Waals surface area contributed by atoms with Crippen LogP contribution in [0.1, 0.15) is 18.4 Å². The smallest absolute Gasteiger partial charge is 0.387 e. The number of hydrogen-bond donors (Lipinski definition) is 2. The third-order valence-corrected chi connectivity index (χ3v) is 3.56. The van der Waals surface area contributed by atoms with E-state index in [1.54, 1.807) is 12.1 Å². The molecule has 21 heavy (non-hydrogen) atoms. The van der Waals surface area contributed by atoms with Crippen molar-refractivity contribution >= 4 is 34.2 Å². The van der Waals surface area contributed by atoms with Crippen LogP contribution in [0.3, 0.4) is 0 Å². The summed E-state index contributed by atoms with van der Waals surface area (Å²) < 4.78 is 29.8. The summed E-state index contributed by atoms with van der Waals surface area (Å²) in [4.78, 5) is 11.9. The predicted molar refractivity (Wildman–Crippen MR) is 80.9 cm³/mol. The molecule has 2 N–H and O–H groups in total. The van der Waals surface area contributed by atoms with Gasteiger partial charge in [-0.15, -0.1) is 12.4 Å². The number of carbonyl (C=O) groups excluding carboxylic acids is 1. The second kappa shape index (κ2) is 8.51. The lowest BCUT2D eigenvalue weighted by molar-refractivity contribution is -0.122. The molecule has 1 aromatic rings. The Bertz CT molecular complexity index is 485. The van der Waals surface area contributed by atoms with Crippen molar-refractivity contribution in [3.8, 4) is 5.75 Å². The van der Waals surface area contributed by atoms with Gasteiger partial charge in [-0.2, -0.15) is 8.78 Å². The molecule has 0 radical (unpaired) electrons. The standard InChI is InChI=1S/C13H15BrF2N2O2.ClH/c14-9-3-4-11(20-13(15)16)8(6-9)7-18-12(19)10-2-1-5-17-10;/h3-4,6,10,13,17H,1-2,5,7H2,(H,18,19);1H. The van der Waals surface area contributed by atoms with Gasteiger partial charge in [0.05, 0.1) is 6.04 Å². The molecule has 118 valence electrons. The third kappa shape index (κ3) is 5.41. The van der Waals surface area contributed by atoms with Crippen molar-refractivity contribution in [2.75, 3.05) is 6.54 Å². The molecule has 0 bridgehead atoms. The summed E-state index contributed by atoms with van der Waals surface area (Å²) in [6.07, 6.45) is 1.76. The molecule has 1 aliphatic rings. The van der Waals surface area contributed by atoms with E-state index >= 15 is 0 Å². The molecule has 1 aromatic carbocycles. The maximum absolute atomic E-state index is 12.3. The van der Waals surface area contributed by atoms with Gasteiger partial charge in [-0.05, 0) is 37.6 Å². The summed E-state index contributed by atoms with van der Waals surface area (Å²) in [5.74, 6) is -0.0478. The van der Waals surface area contributed by atoms with Gasteiger partial charge in [0, 0.05) is 16.6 Å². The van der Waals surface area contributed by atoms with Crippen molar-refractivity contribution in [2.45, 2.75) is 32.0 Å². The van der Waals surface area contributed by atoms with Crippen LogP contribution in [-0.2, 0) is 11.3 Å². The lowest BCUT2D eigenvalue weighted by Gasteiger charge is -2.14. The van der Waals surface area contributed by atoms with Crippen LogP contribution in [-0.4, -0.2) is 25.1 Å². The number of nitrogens with one attached hydrogen (secondary N) is 2. The molecule has 1 atom stereocenters. The minimum atomic E-state index is -2.89. The van der Waals surface area contributed by atoms with Gasteiger partial charge in [0.15, 0.2) is 0 Å². The highest BCUT2D eigenvalue weighted by Gasteiger charge is 2.22. The van der Waals surface area contributed by atoms with Crippen molar-refractivity contribution in [1.82, 2.24) is 10.6 Å². The van der Waals surface area contributed by atoms with Crippen molar-refractivity contribution < 1.29 is 18.3 Å². The Balaban J connectivity index is 0.00000220. The molecule has 1 fully saturated rings. The molecule has 1 unspecified atom stereocenters. The van der Waals surface area contributed by atoms with E-state index < -0.39 is 6.61 Å². The molecule has 0 saturated carbocycles. The summed E-state index contributed by atoms with van der Waals surface area (Å²) in [5.41, 5.74) is 0.506. The van der Waals surface area contributed by atoms with Gasteiger partial charge in [0.2, 0.25) is 5.91 Å². The number of amides is 1. The van der Waals surface area contributed by atoms with E-state index in [-0.39, 0.29) is 36.7 Å². The average molecular weight is 386 g/mol. The second-order valence-electron chi connectivity index (χ2n) is 4.50. The fourth-order valence-electron chi connectivity index (χ4n) is 2.11. The largest absolute Gasteiger partial charge is 0.434 e. The van der Waals surface area contributed by atoms with E-state index in [1.807, 2.05) is 0 Å². The summed E-state index contributed by atoms with van der Waals surface area (Å²) in [6.45, 7) is -1.91. The van der Waals surface area contributed by atoms with Crippen LogP contribution in [0.5, 0.6) is 5.75 Å². The summed E-state index contributed by atoms with van der Waals surface area (Å²) in [6, 6.07) is 4.52. The van der Waals surface area contributed by atoms with Crippen molar-refractivity contribution in [3.63, 3.8) is 0 Å². The maximum Gasteiger partial charge on any atom is 0.387 e. The first-order chi connectivity index (χ1) is 9.56. The highest BCUT2D eigenvalue weighted by molar-refractivity contribution is 9.10. The third-order valence-electron chi connectivity index (χ3n) is 3.07. The summed E-state index contributed by atoms with van der Waals surface area (Å²) in [5, 5.41) is 5.81. The van der Waals surface area contributed by atoms with Gasteiger partial charge in [0.25, 0.3) is 0 Å². The number of benzene rings is 1. The van der Waals surface area contributed by atoms with E-state index in [0.717, 1.165) is 23.9 Å². The van der Waals surface area contributed by atoms with Crippen LogP contribution < -0.4 is 15.4 Å². The Hall–Kier alpha value is -0.920. The first kappa shape index (κ1) is 18.1. The molecule has 4 nitrogen and oxygen atoms in total. The minimum Gasteiger partial charge on any atom is -0.434 e. The van der Waals surface area contributed by atoms with Crippen molar-refractivity contribution in [3.05, 3.63) is 28.2 Å². The van der Waals surface area contributed by atoms with E-state index in [4.69, 9.17) is 0 Å². The molecule has 0 aliphatic carbocycles. The van der Waals surface area contributed by atoms with E-state index in [0.29, 0.717) is 5.56 Å². The summed E-state index contributed by atoms with van der Waals surface area (Å²) >= 11 is 3.27. The van der Waals surface area contributed by atoms with Gasteiger partial charge in [0.1, 0.15) is 5.75 Å². The minimum absolute atomic E-state index is 0. The molecule has 1 amide bonds. The fraction of sp³-hybridized carbons (Fsp3) is 0.462. The lowest BCUT2D eigenvalue weighted by Crippen LogP contribution is -2.40. The Morgan fingerprint density at radius 3 is 2.90 bits per heavy atom. The molecule has 1 saturated heterocycles. The Labute approximate surface area is 136 Å². The number of ether oxygens (including phenoxy) is 1. The molecular weight excluding hydrogens is 370 g/mol. The molecule has 1 heterocycles.